The largest absolute Gasteiger partial charge is 0.323 e. The molecule has 0 saturated heterocycles. The summed E-state index contributed by atoms with van der Waals surface area (Å²) in [6.45, 7) is 5.99. The van der Waals surface area contributed by atoms with E-state index in [1.165, 1.54) is 6.07 Å². The summed E-state index contributed by atoms with van der Waals surface area (Å²) < 4.78 is 14.3. The topological polar surface area (TPSA) is 26.0 Å². The molecule has 1 aromatic rings. The molecule has 0 aliphatic rings. The lowest BCUT2D eigenvalue weighted by Gasteiger charge is -2.27. The van der Waals surface area contributed by atoms with Gasteiger partial charge in [0.05, 0.1) is 0 Å². The van der Waals surface area contributed by atoms with Crippen LogP contribution in [0.1, 0.15) is 32.4 Å². The minimum absolute atomic E-state index is 0.137. The number of rotatable bonds is 1. The molecule has 0 spiro atoms. The van der Waals surface area contributed by atoms with E-state index in [4.69, 9.17) is 5.73 Å². The van der Waals surface area contributed by atoms with Crippen LogP contribution in [0.3, 0.4) is 0 Å². The Bertz CT molecular complexity index is 331. The summed E-state index contributed by atoms with van der Waals surface area (Å²) in [7, 11) is 0. The first-order valence-corrected chi connectivity index (χ1v) is 5.32. The van der Waals surface area contributed by atoms with Crippen LogP contribution < -0.4 is 5.73 Å². The second kappa shape index (κ2) is 3.99. The zero-order chi connectivity index (χ0) is 10.9. The molecule has 0 saturated carbocycles. The van der Waals surface area contributed by atoms with Gasteiger partial charge in [-0.3, -0.25) is 0 Å². The molecule has 0 radical (unpaired) electrons. The summed E-state index contributed by atoms with van der Waals surface area (Å²) in [6.07, 6.45) is 0. The fourth-order valence-electron chi connectivity index (χ4n) is 1.22. The van der Waals surface area contributed by atoms with Gasteiger partial charge in [-0.1, -0.05) is 36.7 Å². The van der Waals surface area contributed by atoms with Crippen molar-refractivity contribution in [3.05, 3.63) is 34.1 Å². The van der Waals surface area contributed by atoms with E-state index in [0.29, 0.717) is 5.56 Å². The second-order valence-corrected chi connectivity index (χ2v) is 5.43. The van der Waals surface area contributed by atoms with Crippen molar-refractivity contribution in [2.75, 3.05) is 0 Å². The Hall–Kier alpha value is -0.410. The maximum Gasteiger partial charge on any atom is 0.128 e. The van der Waals surface area contributed by atoms with Crippen molar-refractivity contribution in [3.8, 4) is 0 Å². The summed E-state index contributed by atoms with van der Waals surface area (Å²) in [4.78, 5) is 0. The van der Waals surface area contributed by atoms with Crippen molar-refractivity contribution >= 4 is 15.9 Å². The average Bonchev–Trinajstić information content (AvgIpc) is 2.06. The maximum atomic E-state index is 13.4. The third-order valence-corrected chi connectivity index (χ3v) is 2.72. The lowest BCUT2D eigenvalue weighted by molar-refractivity contribution is 0.319. The standard InChI is InChI=1S/C11H15BrFN/c1-11(2,3)10(14)8-6-7(12)4-5-9(8)13/h4-6,10H,14H2,1-3H3. The fourth-order valence-corrected chi connectivity index (χ4v) is 1.60. The number of nitrogens with two attached hydrogens (primary N) is 1. The molecule has 1 nitrogen and oxygen atoms in total. The van der Waals surface area contributed by atoms with Crippen molar-refractivity contribution in [1.29, 1.82) is 0 Å². The van der Waals surface area contributed by atoms with Crippen molar-refractivity contribution in [1.82, 2.24) is 0 Å². The Morgan fingerprint density at radius 1 is 1.36 bits per heavy atom. The van der Waals surface area contributed by atoms with Crippen LogP contribution in [0.15, 0.2) is 22.7 Å². The lowest BCUT2D eigenvalue weighted by Crippen LogP contribution is -2.27. The summed E-state index contributed by atoms with van der Waals surface area (Å²) in [5.74, 6) is -0.240. The summed E-state index contributed by atoms with van der Waals surface area (Å²) >= 11 is 3.31. The first-order chi connectivity index (χ1) is 6.32. The van der Waals surface area contributed by atoms with Crippen molar-refractivity contribution < 1.29 is 4.39 Å². The van der Waals surface area contributed by atoms with Crippen LogP contribution in [0, 0.1) is 11.2 Å². The highest BCUT2D eigenvalue weighted by Crippen LogP contribution is 2.32. The Labute approximate surface area is 92.6 Å². The summed E-state index contributed by atoms with van der Waals surface area (Å²) in [6, 6.07) is 4.56. The zero-order valence-electron chi connectivity index (χ0n) is 8.64. The second-order valence-electron chi connectivity index (χ2n) is 4.51. The molecule has 0 heterocycles. The van der Waals surface area contributed by atoms with Crippen molar-refractivity contribution in [2.24, 2.45) is 11.1 Å². The van der Waals surface area contributed by atoms with Gasteiger partial charge in [-0.2, -0.15) is 0 Å². The predicted molar refractivity (Wildman–Crippen MR) is 60.5 cm³/mol. The molecule has 0 fully saturated rings. The Balaban J connectivity index is 3.12. The molecule has 0 aromatic heterocycles. The molecular weight excluding hydrogens is 245 g/mol. The molecule has 0 bridgehead atoms. The van der Waals surface area contributed by atoms with Gasteiger partial charge < -0.3 is 5.73 Å². The highest BCUT2D eigenvalue weighted by molar-refractivity contribution is 9.10. The molecule has 78 valence electrons. The third kappa shape index (κ3) is 2.55. The van der Waals surface area contributed by atoms with Gasteiger partial charge in [0.25, 0.3) is 0 Å². The van der Waals surface area contributed by atoms with Crippen LogP contribution >= 0.6 is 15.9 Å². The number of hydrogen-bond donors (Lipinski definition) is 1. The van der Waals surface area contributed by atoms with E-state index in [9.17, 15) is 4.39 Å². The predicted octanol–water partition coefficient (Wildman–Crippen LogP) is 3.63. The smallest absolute Gasteiger partial charge is 0.128 e. The van der Waals surface area contributed by atoms with Crippen LogP contribution in [0.2, 0.25) is 0 Å². The maximum absolute atomic E-state index is 13.4. The molecule has 14 heavy (non-hydrogen) atoms. The van der Waals surface area contributed by atoms with Gasteiger partial charge in [0.2, 0.25) is 0 Å². The van der Waals surface area contributed by atoms with Crippen molar-refractivity contribution in [3.63, 3.8) is 0 Å². The van der Waals surface area contributed by atoms with E-state index in [2.05, 4.69) is 15.9 Å². The first-order valence-electron chi connectivity index (χ1n) is 4.53. The van der Waals surface area contributed by atoms with Gasteiger partial charge in [0.1, 0.15) is 5.82 Å². The number of hydrogen-bond acceptors (Lipinski definition) is 1. The normalized spacial score (nSPS) is 14.1. The molecule has 1 atom stereocenters. The third-order valence-electron chi connectivity index (χ3n) is 2.23. The van der Waals surface area contributed by atoms with Crippen LogP contribution in [0.4, 0.5) is 4.39 Å². The van der Waals surface area contributed by atoms with Gasteiger partial charge in [-0.25, -0.2) is 4.39 Å². The van der Waals surface area contributed by atoms with Crippen LogP contribution in [0.25, 0.3) is 0 Å². The van der Waals surface area contributed by atoms with Gasteiger partial charge in [0, 0.05) is 16.1 Å². The van der Waals surface area contributed by atoms with Crippen LogP contribution in [-0.2, 0) is 0 Å². The highest BCUT2D eigenvalue weighted by Gasteiger charge is 2.24. The van der Waals surface area contributed by atoms with Crippen molar-refractivity contribution in [2.45, 2.75) is 26.8 Å². The van der Waals surface area contributed by atoms with E-state index in [0.717, 1.165) is 4.47 Å². The molecule has 1 rings (SSSR count). The number of halogens is 2. The minimum Gasteiger partial charge on any atom is -0.323 e. The quantitative estimate of drug-likeness (QED) is 0.819. The highest BCUT2D eigenvalue weighted by atomic mass is 79.9. The Kier molecular flexibility index (Phi) is 3.32. The molecule has 0 aliphatic heterocycles. The van der Waals surface area contributed by atoms with E-state index in [1.807, 2.05) is 20.8 Å². The Morgan fingerprint density at radius 3 is 2.43 bits per heavy atom. The lowest BCUT2D eigenvalue weighted by atomic mass is 9.83. The Morgan fingerprint density at radius 2 is 1.93 bits per heavy atom. The molecule has 0 amide bonds. The average molecular weight is 260 g/mol. The molecule has 2 N–H and O–H groups in total. The zero-order valence-corrected chi connectivity index (χ0v) is 10.2. The van der Waals surface area contributed by atoms with Gasteiger partial charge in [0.15, 0.2) is 0 Å². The van der Waals surface area contributed by atoms with Gasteiger partial charge >= 0.3 is 0 Å². The van der Waals surface area contributed by atoms with E-state index in [-0.39, 0.29) is 17.3 Å². The molecule has 3 heteroatoms. The molecule has 1 aromatic carbocycles. The molecular formula is C11H15BrFN. The van der Waals surface area contributed by atoms with E-state index >= 15 is 0 Å². The van der Waals surface area contributed by atoms with E-state index < -0.39 is 0 Å². The summed E-state index contributed by atoms with van der Waals surface area (Å²) in [5.41, 5.74) is 6.41. The summed E-state index contributed by atoms with van der Waals surface area (Å²) in [5, 5.41) is 0. The van der Waals surface area contributed by atoms with Crippen LogP contribution in [0.5, 0.6) is 0 Å². The fraction of sp³-hybridized carbons (Fsp3) is 0.455. The van der Waals surface area contributed by atoms with Crippen LogP contribution in [-0.4, -0.2) is 0 Å². The number of benzene rings is 1. The van der Waals surface area contributed by atoms with Gasteiger partial charge in [-0.05, 0) is 23.6 Å². The van der Waals surface area contributed by atoms with Gasteiger partial charge in [-0.15, -0.1) is 0 Å². The SMILES string of the molecule is CC(C)(C)C(N)c1cc(Br)ccc1F. The first kappa shape index (κ1) is 11.7. The molecule has 1 unspecified atom stereocenters. The molecule has 0 aliphatic carbocycles. The minimum atomic E-state index is -0.292. The monoisotopic (exact) mass is 259 g/mol. The van der Waals surface area contributed by atoms with E-state index in [1.54, 1.807) is 12.1 Å².